The zero-order valence-corrected chi connectivity index (χ0v) is 13.8. The van der Waals surface area contributed by atoms with E-state index >= 15 is 0 Å². The minimum Gasteiger partial charge on any atom is -0.353 e. The van der Waals surface area contributed by atoms with Gasteiger partial charge in [-0.3, -0.25) is 4.90 Å². The molecule has 1 aliphatic rings. The van der Waals surface area contributed by atoms with Crippen molar-refractivity contribution < 1.29 is 4.39 Å². The van der Waals surface area contributed by atoms with Gasteiger partial charge in [0.05, 0.1) is 0 Å². The van der Waals surface area contributed by atoms with Crippen molar-refractivity contribution in [3.63, 3.8) is 0 Å². The standard InChI is InChI=1S/C18H19FN6/c19-16-5-2-1-4-15(16)14-23-10-12-24(13-11-23)17-6-7-18(22-21-17)25-9-3-8-20-25/h1-9H,10-14H2. The summed E-state index contributed by atoms with van der Waals surface area (Å²) in [5.74, 6) is 1.43. The van der Waals surface area contributed by atoms with E-state index in [1.807, 2.05) is 36.5 Å². The summed E-state index contributed by atoms with van der Waals surface area (Å²) < 4.78 is 15.5. The Morgan fingerprint density at radius 3 is 2.32 bits per heavy atom. The van der Waals surface area contributed by atoms with Crippen LogP contribution in [0, 0.1) is 5.82 Å². The van der Waals surface area contributed by atoms with E-state index in [2.05, 4.69) is 25.1 Å². The van der Waals surface area contributed by atoms with Gasteiger partial charge in [-0.1, -0.05) is 18.2 Å². The number of aromatic nitrogens is 4. The predicted octanol–water partition coefficient (Wildman–Crippen LogP) is 2.12. The van der Waals surface area contributed by atoms with Crippen LogP contribution in [0.25, 0.3) is 5.82 Å². The Hall–Kier alpha value is -2.80. The molecule has 1 fully saturated rings. The summed E-state index contributed by atoms with van der Waals surface area (Å²) in [5, 5.41) is 12.7. The molecule has 0 spiro atoms. The minimum atomic E-state index is -0.134. The molecule has 3 aromatic rings. The summed E-state index contributed by atoms with van der Waals surface area (Å²) in [5.41, 5.74) is 0.749. The summed E-state index contributed by atoms with van der Waals surface area (Å²) in [6.07, 6.45) is 3.55. The average molecular weight is 338 g/mol. The van der Waals surface area contributed by atoms with Crippen molar-refractivity contribution in [1.82, 2.24) is 24.9 Å². The van der Waals surface area contributed by atoms with Crippen LogP contribution in [-0.4, -0.2) is 51.1 Å². The molecule has 2 aromatic heterocycles. The molecular formula is C18H19FN6. The van der Waals surface area contributed by atoms with Crippen molar-refractivity contribution in [2.45, 2.75) is 6.54 Å². The van der Waals surface area contributed by atoms with Crippen molar-refractivity contribution in [2.75, 3.05) is 31.1 Å². The highest BCUT2D eigenvalue weighted by atomic mass is 19.1. The van der Waals surface area contributed by atoms with E-state index in [-0.39, 0.29) is 5.82 Å². The smallest absolute Gasteiger partial charge is 0.175 e. The summed E-state index contributed by atoms with van der Waals surface area (Å²) >= 11 is 0. The van der Waals surface area contributed by atoms with Crippen LogP contribution in [-0.2, 0) is 6.54 Å². The lowest BCUT2D eigenvalue weighted by Gasteiger charge is -2.35. The van der Waals surface area contributed by atoms with E-state index < -0.39 is 0 Å². The van der Waals surface area contributed by atoms with Gasteiger partial charge in [0.25, 0.3) is 0 Å². The molecule has 3 heterocycles. The molecule has 4 rings (SSSR count). The number of rotatable bonds is 4. The highest BCUT2D eigenvalue weighted by molar-refractivity contribution is 5.40. The van der Waals surface area contributed by atoms with Crippen molar-refractivity contribution >= 4 is 5.82 Å². The van der Waals surface area contributed by atoms with Gasteiger partial charge in [-0.25, -0.2) is 9.07 Å². The number of piperazine rings is 1. The Morgan fingerprint density at radius 2 is 1.64 bits per heavy atom. The van der Waals surface area contributed by atoms with Gasteiger partial charge in [0.2, 0.25) is 0 Å². The number of anilines is 1. The molecule has 1 aliphatic heterocycles. The van der Waals surface area contributed by atoms with Gasteiger partial charge >= 0.3 is 0 Å². The van der Waals surface area contributed by atoms with Gasteiger partial charge in [-0.05, 0) is 24.3 Å². The average Bonchev–Trinajstić information content (AvgIpc) is 3.19. The lowest BCUT2D eigenvalue weighted by Crippen LogP contribution is -2.46. The summed E-state index contributed by atoms with van der Waals surface area (Å²) in [6, 6.07) is 12.7. The van der Waals surface area contributed by atoms with Crippen LogP contribution in [0.15, 0.2) is 54.9 Å². The fourth-order valence-electron chi connectivity index (χ4n) is 3.02. The SMILES string of the molecule is Fc1ccccc1CN1CCN(c2ccc(-n3cccn3)nn2)CC1. The normalized spacial score (nSPS) is 15.5. The van der Waals surface area contributed by atoms with E-state index in [9.17, 15) is 4.39 Å². The molecule has 25 heavy (non-hydrogen) atoms. The first-order valence-electron chi connectivity index (χ1n) is 8.34. The Kier molecular flexibility index (Phi) is 4.39. The highest BCUT2D eigenvalue weighted by Gasteiger charge is 2.19. The number of hydrogen-bond acceptors (Lipinski definition) is 5. The molecule has 1 saturated heterocycles. The first-order chi connectivity index (χ1) is 12.3. The summed E-state index contributed by atoms with van der Waals surface area (Å²) in [4.78, 5) is 4.47. The van der Waals surface area contributed by atoms with Gasteiger partial charge in [0, 0.05) is 50.7 Å². The van der Waals surface area contributed by atoms with Crippen LogP contribution in [0.2, 0.25) is 0 Å². The van der Waals surface area contributed by atoms with Crippen LogP contribution in [0.5, 0.6) is 0 Å². The lowest BCUT2D eigenvalue weighted by atomic mass is 10.2. The third-order valence-electron chi connectivity index (χ3n) is 4.42. The molecule has 0 radical (unpaired) electrons. The Morgan fingerprint density at radius 1 is 0.880 bits per heavy atom. The topological polar surface area (TPSA) is 50.1 Å². The van der Waals surface area contributed by atoms with Gasteiger partial charge < -0.3 is 4.90 Å². The van der Waals surface area contributed by atoms with Crippen LogP contribution in [0.1, 0.15) is 5.56 Å². The Bertz CT molecular complexity index is 810. The second-order valence-corrected chi connectivity index (χ2v) is 6.05. The molecule has 0 aliphatic carbocycles. The van der Waals surface area contributed by atoms with Crippen molar-refractivity contribution in [3.8, 4) is 5.82 Å². The van der Waals surface area contributed by atoms with Gasteiger partial charge in [-0.2, -0.15) is 5.10 Å². The van der Waals surface area contributed by atoms with Gasteiger partial charge in [0.1, 0.15) is 5.82 Å². The van der Waals surface area contributed by atoms with Crippen molar-refractivity contribution in [3.05, 3.63) is 66.2 Å². The molecule has 128 valence electrons. The Labute approximate surface area is 145 Å². The number of nitrogens with zero attached hydrogens (tertiary/aromatic N) is 6. The van der Waals surface area contributed by atoms with Crippen LogP contribution < -0.4 is 4.90 Å². The molecule has 0 N–H and O–H groups in total. The monoisotopic (exact) mass is 338 g/mol. The molecular weight excluding hydrogens is 319 g/mol. The molecule has 0 unspecified atom stereocenters. The van der Waals surface area contributed by atoms with E-state index in [0.717, 1.165) is 37.6 Å². The maximum atomic E-state index is 13.8. The lowest BCUT2D eigenvalue weighted by molar-refractivity contribution is 0.246. The van der Waals surface area contributed by atoms with Crippen molar-refractivity contribution in [1.29, 1.82) is 0 Å². The maximum absolute atomic E-state index is 13.8. The van der Waals surface area contributed by atoms with Crippen LogP contribution >= 0.6 is 0 Å². The minimum absolute atomic E-state index is 0.134. The van der Waals surface area contributed by atoms with Crippen LogP contribution in [0.4, 0.5) is 10.2 Å². The zero-order chi connectivity index (χ0) is 17.1. The molecule has 7 heteroatoms. The quantitative estimate of drug-likeness (QED) is 0.729. The first kappa shape index (κ1) is 15.7. The molecule has 0 amide bonds. The molecule has 0 bridgehead atoms. The third kappa shape index (κ3) is 3.51. The second kappa shape index (κ2) is 6.98. The first-order valence-corrected chi connectivity index (χ1v) is 8.34. The van der Waals surface area contributed by atoms with Crippen molar-refractivity contribution in [2.24, 2.45) is 0 Å². The zero-order valence-electron chi connectivity index (χ0n) is 13.8. The molecule has 6 nitrogen and oxygen atoms in total. The summed E-state index contributed by atoms with van der Waals surface area (Å²) in [6.45, 7) is 4.09. The van der Waals surface area contributed by atoms with Gasteiger partial charge in [0.15, 0.2) is 11.6 Å². The van der Waals surface area contributed by atoms with Gasteiger partial charge in [-0.15, -0.1) is 10.2 Å². The number of halogens is 1. The van der Waals surface area contributed by atoms with E-state index in [4.69, 9.17) is 0 Å². The maximum Gasteiger partial charge on any atom is 0.175 e. The molecule has 1 aromatic carbocycles. The van der Waals surface area contributed by atoms with E-state index in [1.165, 1.54) is 6.07 Å². The summed E-state index contributed by atoms with van der Waals surface area (Å²) in [7, 11) is 0. The molecule has 0 atom stereocenters. The fraction of sp³-hybridized carbons (Fsp3) is 0.278. The Balaban J connectivity index is 1.36. The number of benzene rings is 1. The third-order valence-corrected chi connectivity index (χ3v) is 4.42. The number of hydrogen-bond donors (Lipinski definition) is 0. The largest absolute Gasteiger partial charge is 0.353 e. The highest BCUT2D eigenvalue weighted by Crippen LogP contribution is 2.16. The van der Waals surface area contributed by atoms with E-state index in [1.54, 1.807) is 16.9 Å². The predicted molar refractivity (Wildman–Crippen MR) is 93.0 cm³/mol. The fourth-order valence-corrected chi connectivity index (χ4v) is 3.02. The molecule has 0 saturated carbocycles. The van der Waals surface area contributed by atoms with Crippen LogP contribution in [0.3, 0.4) is 0 Å². The second-order valence-electron chi connectivity index (χ2n) is 6.05. The van der Waals surface area contributed by atoms with E-state index in [0.29, 0.717) is 12.4 Å².